The Morgan fingerprint density at radius 1 is 1.05 bits per heavy atom. The topological polar surface area (TPSA) is 23.5 Å². The predicted molar refractivity (Wildman–Crippen MR) is 90.9 cm³/mol. The summed E-state index contributed by atoms with van der Waals surface area (Å²) < 4.78 is 0. The third-order valence-corrected chi connectivity index (χ3v) is 4.84. The smallest absolute Gasteiger partial charge is 0.0802 e. The van der Waals surface area contributed by atoms with Gasteiger partial charge in [-0.3, -0.25) is 4.90 Å². The highest BCUT2D eigenvalue weighted by Gasteiger charge is 2.17. The normalized spacial score (nSPS) is 16.3. The number of aryl methyl sites for hydroxylation is 2. The summed E-state index contributed by atoms with van der Waals surface area (Å²) in [5.74, 6) is 0. The van der Waals surface area contributed by atoms with E-state index in [1.165, 1.54) is 22.3 Å². The highest BCUT2D eigenvalue weighted by Crippen LogP contribution is 2.23. The molecule has 1 unspecified atom stereocenters. The molecule has 1 N–H and O–H groups in total. The summed E-state index contributed by atoms with van der Waals surface area (Å²) in [7, 11) is 0. The van der Waals surface area contributed by atoms with Gasteiger partial charge in [0.2, 0.25) is 0 Å². The van der Waals surface area contributed by atoms with Crippen molar-refractivity contribution in [2.24, 2.45) is 0 Å². The zero-order chi connectivity index (χ0) is 15.5. The predicted octanol–water partition coefficient (Wildman–Crippen LogP) is 3.79. The third kappa shape index (κ3) is 3.40. The van der Waals surface area contributed by atoms with Gasteiger partial charge in [0.25, 0.3) is 0 Å². The number of benzene rings is 2. The molecular weight excluding hydrogens is 270 g/mol. The van der Waals surface area contributed by atoms with Crippen LogP contribution in [0.25, 0.3) is 0 Å². The molecule has 116 valence electrons. The Morgan fingerprint density at radius 2 is 1.82 bits per heavy atom. The van der Waals surface area contributed by atoms with E-state index >= 15 is 0 Å². The number of hydrogen-bond acceptors (Lipinski definition) is 2. The summed E-state index contributed by atoms with van der Waals surface area (Å²) in [6.45, 7) is 7.26. The molecule has 3 rings (SSSR count). The van der Waals surface area contributed by atoms with Crippen LogP contribution in [0.1, 0.15) is 40.3 Å². The van der Waals surface area contributed by atoms with Gasteiger partial charge >= 0.3 is 0 Å². The maximum atomic E-state index is 10.4. The van der Waals surface area contributed by atoms with Crippen LogP contribution in [-0.2, 0) is 13.0 Å². The summed E-state index contributed by atoms with van der Waals surface area (Å²) in [6.07, 6.45) is 1.55. The fourth-order valence-electron chi connectivity index (χ4n) is 3.19. The van der Waals surface area contributed by atoms with Gasteiger partial charge in [-0.25, -0.2) is 0 Å². The molecule has 1 heterocycles. The minimum absolute atomic E-state index is 0.364. The van der Waals surface area contributed by atoms with Crippen molar-refractivity contribution in [3.05, 3.63) is 70.3 Å². The molecule has 2 aromatic rings. The Bertz CT molecular complexity index is 650. The first-order valence-corrected chi connectivity index (χ1v) is 8.18. The highest BCUT2D eigenvalue weighted by molar-refractivity contribution is 5.31. The molecule has 0 aromatic heterocycles. The minimum Gasteiger partial charge on any atom is -0.388 e. The average molecular weight is 295 g/mol. The molecule has 0 radical (unpaired) electrons. The van der Waals surface area contributed by atoms with Gasteiger partial charge in [-0.2, -0.15) is 0 Å². The van der Waals surface area contributed by atoms with E-state index in [0.717, 1.165) is 38.0 Å². The van der Waals surface area contributed by atoms with Gasteiger partial charge in [0.1, 0.15) is 0 Å². The Balaban J connectivity index is 1.58. The molecule has 1 aliphatic heterocycles. The molecule has 2 aromatic carbocycles. The first-order chi connectivity index (χ1) is 10.6. The molecular formula is C20H25NO. The number of hydrogen-bond donors (Lipinski definition) is 1. The van der Waals surface area contributed by atoms with Crippen molar-refractivity contribution in [3.63, 3.8) is 0 Å². The van der Waals surface area contributed by atoms with Crippen molar-refractivity contribution >= 4 is 0 Å². The molecule has 2 nitrogen and oxygen atoms in total. The largest absolute Gasteiger partial charge is 0.388 e. The van der Waals surface area contributed by atoms with Gasteiger partial charge in [-0.05, 0) is 54.5 Å². The molecule has 0 saturated heterocycles. The van der Waals surface area contributed by atoms with Crippen molar-refractivity contribution in [2.45, 2.75) is 39.3 Å². The molecule has 0 aliphatic carbocycles. The van der Waals surface area contributed by atoms with Crippen molar-refractivity contribution in [1.29, 1.82) is 0 Å². The SMILES string of the molecule is Cc1ccc(C(O)CCN2CCc3ccccc3C2)cc1C. The van der Waals surface area contributed by atoms with Crippen molar-refractivity contribution < 1.29 is 5.11 Å². The fraction of sp³-hybridized carbons (Fsp3) is 0.400. The number of aliphatic hydroxyl groups excluding tert-OH is 1. The number of nitrogens with zero attached hydrogens (tertiary/aromatic N) is 1. The quantitative estimate of drug-likeness (QED) is 0.928. The molecule has 0 saturated carbocycles. The maximum Gasteiger partial charge on any atom is 0.0802 e. The van der Waals surface area contributed by atoms with Gasteiger partial charge in [0.05, 0.1) is 6.10 Å². The molecule has 22 heavy (non-hydrogen) atoms. The Kier molecular flexibility index (Phi) is 4.60. The van der Waals surface area contributed by atoms with Gasteiger partial charge in [0.15, 0.2) is 0 Å². The monoisotopic (exact) mass is 295 g/mol. The van der Waals surface area contributed by atoms with Gasteiger partial charge < -0.3 is 5.11 Å². The van der Waals surface area contributed by atoms with Crippen LogP contribution in [0.4, 0.5) is 0 Å². The van der Waals surface area contributed by atoms with Crippen LogP contribution in [0, 0.1) is 13.8 Å². The molecule has 0 amide bonds. The third-order valence-electron chi connectivity index (χ3n) is 4.84. The molecule has 1 atom stereocenters. The lowest BCUT2D eigenvalue weighted by molar-refractivity contribution is 0.137. The van der Waals surface area contributed by atoms with Crippen LogP contribution in [0.3, 0.4) is 0 Å². The van der Waals surface area contributed by atoms with E-state index in [0.29, 0.717) is 0 Å². The Morgan fingerprint density at radius 3 is 2.59 bits per heavy atom. The number of fused-ring (bicyclic) bond motifs is 1. The van der Waals surface area contributed by atoms with Crippen molar-refractivity contribution in [3.8, 4) is 0 Å². The van der Waals surface area contributed by atoms with Crippen molar-refractivity contribution in [2.75, 3.05) is 13.1 Å². The van der Waals surface area contributed by atoms with E-state index in [1.807, 2.05) is 0 Å². The zero-order valence-corrected chi connectivity index (χ0v) is 13.5. The van der Waals surface area contributed by atoms with Crippen LogP contribution >= 0.6 is 0 Å². The maximum absolute atomic E-state index is 10.4. The molecule has 2 heteroatoms. The van der Waals surface area contributed by atoms with Gasteiger partial charge in [0, 0.05) is 19.6 Å². The van der Waals surface area contributed by atoms with Crippen LogP contribution in [0.5, 0.6) is 0 Å². The highest BCUT2D eigenvalue weighted by atomic mass is 16.3. The lowest BCUT2D eigenvalue weighted by Crippen LogP contribution is -2.32. The van der Waals surface area contributed by atoms with Gasteiger partial charge in [-0.1, -0.05) is 42.5 Å². The first kappa shape index (κ1) is 15.3. The Labute approximate surface area is 133 Å². The van der Waals surface area contributed by atoms with E-state index in [4.69, 9.17) is 0 Å². The summed E-state index contributed by atoms with van der Waals surface area (Å²) >= 11 is 0. The van der Waals surface area contributed by atoms with E-state index in [-0.39, 0.29) is 6.10 Å². The van der Waals surface area contributed by atoms with Crippen LogP contribution < -0.4 is 0 Å². The number of aliphatic hydroxyl groups is 1. The molecule has 1 aliphatic rings. The molecule has 0 fully saturated rings. The summed E-state index contributed by atoms with van der Waals surface area (Å²) in [5, 5.41) is 10.4. The minimum atomic E-state index is -0.364. The average Bonchev–Trinajstić information content (AvgIpc) is 2.55. The second-order valence-electron chi connectivity index (χ2n) is 6.44. The molecule has 0 spiro atoms. The standard InChI is InChI=1S/C20H25NO/c1-15-7-8-18(13-16(15)2)20(22)10-12-21-11-9-17-5-3-4-6-19(17)14-21/h3-8,13,20,22H,9-12,14H2,1-2H3. The molecule has 0 bridgehead atoms. The number of rotatable bonds is 4. The second kappa shape index (κ2) is 6.64. The first-order valence-electron chi connectivity index (χ1n) is 8.18. The zero-order valence-electron chi connectivity index (χ0n) is 13.5. The van der Waals surface area contributed by atoms with E-state index in [9.17, 15) is 5.11 Å². The van der Waals surface area contributed by atoms with Gasteiger partial charge in [-0.15, -0.1) is 0 Å². The second-order valence-corrected chi connectivity index (χ2v) is 6.44. The van der Waals surface area contributed by atoms with Crippen LogP contribution in [0.15, 0.2) is 42.5 Å². The van der Waals surface area contributed by atoms with E-state index in [1.54, 1.807) is 0 Å². The fourth-order valence-corrected chi connectivity index (χ4v) is 3.19. The summed E-state index contributed by atoms with van der Waals surface area (Å²) in [6, 6.07) is 15.0. The lowest BCUT2D eigenvalue weighted by atomic mass is 9.98. The Hall–Kier alpha value is -1.64. The summed E-state index contributed by atoms with van der Waals surface area (Å²) in [4.78, 5) is 2.45. The van der Waals surface area contributed by atoms with Crippen LogP contribution in [0.2, 0.25) is 0 Å². The summed E-state index contributed by atoms with van der Waals surface area (Å²) in [5.41, 5.74) is 6.50. The van der Waals surface area contributed by atoms with E-state index < -0.39 is 0 Å². The van der Waals surface area contributed by atoms with Crippen LogP contribution in [-0.4, -0.2) is 23.1 Å². The lowest BCUT2D eigenvalue weighted by Gasteiger charge is -2.29. The van der Waals surface area contributed by atoms with Crippen molar-refractivity contribution in [1.82, 2.24) is 4.90 Å². The van der Waals surface area contributed by atoms with E-state index in [2.05, 4.69) is 61.2 Å².